The summed E-state index contributed by atoms with van der Waals surface area (Å²) < 4.78 is 0. The van der Waals surface area contributed by atoms with Crippen molar-refractivity contribution in [1.82, 2.24) is 4.90 Å². The van der Waals surface area contributed by atoms with Gasteiger partial charge in [-0.2, -0.15) is 5.10 Å². The number of rotatable bonds is 6. The molecule has 3 rings (SSSR count). The number of benzene rings is 2. The molecular weight excluding hydrogens is 366 g/mol. The maximum atomic E-state index is 12.9. The summed E-state index contributed by atoms with van der Waals surface area (Å²) in [7, 11) is 0. The van der Waals surface area contributed by atoms with E-state index in [1.807, 2.05) is 18.2 Å². The fourth-order valence-electron chi connectivity index (χ4n) is 3.25. The number of amides is 1. The van der Waals surface area contributed by atoms with Gasteiger partial charge in [0.05, 0.1) is 18.0 Å². The molecule has 1 saturated heterocycles. The van der Waals surface area contributed by atoms with Crippen LogP contribution in [-0.2, 0) is 11.3 Å². The highest BCUT2D eigenvalue weighted by atomic mass is 32.2. The average molecular weight is 394 g/mol. The van der Waals surface area contributed by atoms with Gasteiger partial charge in [-0.3, -0.25) is 9.69 Å². The zero-order chi connectivity index (χ0) is 20.1. The third kappa shape index (κ3) is 4.71. The summed E-state index contributed by atoms with van der Waals surface area (Å²) in [5.74, 6) is 0.135. The second-order valence-corrected chi connectivity index (χ2v) is 8.40. The Balaban J connectivity index is 1.84. The number of carbonyl (C=O) groups excluding carboxylic acids is 1. The second kappa shape index (κ2) is 9.20. The third-order valence-corrected chi connectivity index (χ3v) is 6.16. The highest BCUT2D eigenvalue weighted by Crippen LogP contribution is 2.32. The van der Waals surface area contributed by atoms with Crippen LogP contribution in [0.2, 0.25) is 0 Å². The van der Waals surface area contributed by atoms with Crippen LogP contribution in [0.15, 0.2) is 52.7 Å². The lowest BCUT2D eigenvalue weighted by atomic mass is 10.1. The predicted molar refractivity (Wildman–Crippen MR) is 119 cm³/mol. The van der Waals surface area contributed by atoms with Gasteiger partial charge in [0.15, 0.2) is 5.17 Å². The van der Waals surface area contributed by atoms with Gasteiger partial charge < -0.3 is 0 Å². The molecule has 0 saturated carbocycles. The van der Waals surface area contributed by atoms with Gasteiger partial charge in [-0.25, -0.2) is 0 Å². The van der Waals surface area contributed by atoms with Crippen molar-refractivity contribution >= 4 is 29.1 Å². The number of hydrogen-bond donors (Lipinski definition) is 0. The van der Waals surface area contributed by atoms with Crippen LogP contribution in [0.5, 0.6) is 0 Å². The Morgan fingerprint density at radius 2 is 1.89 bits per heavy atom. The third-order valence-electron chi connectivity index (χ3n) is 4.93. The fraction of sp³-hybridized carbons (Fsp3) is 0.348. The van der Waals surface area contributed by atoms with E-state index in [1.54, 1.807) is 11.1 Å². The summed E-state index contributed by atoms with van der Waals surface area (Å²) >= 11 is 1.53. The molecule has 5 heteroatoms. The standard InChI is InChI=1S/C23H27N3OS/c1-5-8-21-22(27)26(15-20-10-7-6-9-17(20)3)23(28-21)25-24-14-19-12-11-16(2)13-18(19)4/h6-7,9-14,21H,5,8,15H2,1-4H3/b24-14-,25-23+/t21-/m1/s1. The van der Waals surface area contributed by atoms with Crippen molar-refractivity contribution in [3.05, 3.63) is 70.3 Å². The lowest BCUT2D eigenvalue weighted by molar-refractivity contribution is -0.126. The molecule has 1 atom stereocenters. The molecule has 1 heterocycles. The minimum Gasteiger partial charge on any atom is -0.284 e. The van der Waals surface area contributed by atoms with Crippen molar-refractivity contribution in [2.45, 2.75) is 52.3 Å². The van der Waals surface area contributed by atoms with Gasteiger partial charge in [0, 0.05) is 0 Å². The Morgan fingerprint density at radius 1 is 1.11 bits per heavy atom. The Bertz CT molecular complexity index is 920. The number of nitrogens with zero attached hydrogens (tertiary/aromatic N) is 3. The first kappa shape index (κ1) is 20.3. The SMILES string of the molecule is CCC[C@H]1S/C(=N/N=C\c2ccc(C)cc2C)N(Cc2ccccc2C)C1=O. The van der Waals surface area contributed by atoms with Crippen LogP contribution in [0.25, 0.3) is 0 Å². The van der Waals surface area contributed by atoms with Crippen LogP contribution in [0, 0.1) is 20.8 Å². The van der Waals surface area contributed by atoms with Crippen LogP contribution in [0.3, 0.4) is 0 Å². The second-order valence-electron chi connectivity index (χ2n) is 7.23. The zero-order valence-electron chi connectivity index (χ0n) is 17.0. The Labute approximate surface area is 171 Å². The molecule has 1 amide bonds. The highest BCUT2D eigenvalue weighted by Gasteiger charge is 2.37. The summed E-state index contributed by atoms with van der Waals surface area (Å²) in [6.45, 7) is 8.86. The van der Waals surface area contributed by atoms with Crippen LogP contribution in [0.4, 0.5) is 0 Å². The monoisotopic (exact) mass is 393 g/mol. The molecule has 2 aromatic rings. The van der Waals surface area contributed by atoms with Crippen LogP contribution >= 0.6 is 11.8 Å². The van der Waals surface area contributed by atoms with Crippen molar-refractivity contribution in [3.63, 3.8) is 0 Å². The number of thioether (sulfide) groups is 1. The molecule has 2 aromatic carbocycles. The van der Waals surface area contributed by atoms with Gasteiger partial charge in [0.1, 0.15) is 0 Å². The molecule has 28 heavy (non-hydrogen) atoms. The van der Waals surface area contributed by atoms with Crippen LogP contribution in [-0.4, -0.2) is 27.4 Å². The van der Waals surface area contributed by atoms with E-state index in [-0.39, 0.29) is 11.2 Å². The van der Waals surface area contributed by atoms with Crippen molar-refractivity contribution in [2.75, 3.05) is 0 Å². The first-order valence-electron chi connectivity index (χ1n) is 9.70. The fourth-order valence-corrected chi connectivity index (χ4v) is 4.46. The van der Waals surface area contributed by atoms with Crippen molar-refractivity contribution in [2.24, 2.45) is 10.2 Å². The first-order valence-corrected chi connectivity index (χ1v) is 10.6. The Kier molecular flexibility index (Phi) is 6.68. The molecule has 1 fully saturated rings. The van der Waals surface area contributed by atoms with Gasteiger partial charge in [0.25, 0.3) is 0 Å². The average Bonchev–Trinajstić information content (AvgIpc) is 2.95. The predicted octanol–water partition coefficient (Wildman–Crippen LogP) is 5.25. The van der Waals surface area contributed by atoms with E-state index in [0.717, 1.165) is 24.0 Å². The van der Waals surface area contributed by atoms with E-state index in [9.17, 15) is 4.79 Å². The smallest absolute Gasteiger partial charge is 0.242 e. The maximum absolute atomic E-state index is 12.9. The summed E-state index contributed by atoms with van der Waals surface area (Å²) in [6, 6.07) is 14.4. The number of carbonyl (C=O) groups is 1. The van der Waals surface area contributed by atoms with Gasteiger partial charge in [-0.05, 0) is 49.4 Å². The van der Waals surface area contributed by atoms with Gasteiger partial charge in [0.2, 0.25) is 5.91 Å². The van der Waals surface area contributed by atoms with Crippen LogP contribution < -0.4 is 0 Å². The Hall–Kier alpha value is -2.40. The molecule has 146 valence electrons. The quantitative estimate of drug-likeness (QED) is 0.497. The minimum atomic E-state index is -0.0657. The van der Waals surface area contributed by atoms with E-state index in [1.165, 1.54) is 28.5 Å². The summed E-state index contributed by atoms with van der Waals surface area (Å²) in [6.07, 6.45) is 3.60. The summed E-state index contributed by atoms with van der Waals surface area (Å²) in [4.78, 5) is 14.7. The van der Waals surface area contributed by atoms with Crippen LogP contribution in [0.1, 0.15) is 47.6 Å². The van der Waals surface area contributed by atoms with E-state index >= 15 is 0 Å². The van der Waals surface area contributed by atoms with Gasteiger partial charge in [-0.1, -0.05) is 73.1 Å². The molecule has 0 unspecified atom stereocenters. The van der Waals surface area contributed by atoms with E-state index < -0.39 is 0 Å². The maximum Gasteiger partial charge on any atom is 0.242 e. The van der Waals surface area contributed by atoms with Crippen molar-refractivity contribution < 1.29 is 4.79 Å². The molecule has 1 aliphatic heterocycles. The largest absolute Gasteiger partial charge is 0.284 e. The van der Waals surface area contributed by atoms with E-state index in [4.69, 9.17) is 0 Å². The topological polar surface area (TPSA) is 45.0 Å². The Morgan fingerprint density at radius 3 is 2.61 bits per heavy atom. The van der Waals surface area contributed by atoms with Gasteiger partial charge in [-0.15, -0.1) is 5.10 Å². The zero-order valence-corrected chi connectivity index (χ0v) is 17.8. The minimum absolute atomic E-state index is 0.0657. The lowest BCUT2D eigenvalue weighted by Gasteiger charge is -2.17. The first-order chi connectivity index (χ1) is 13.5. The van der Waals surface area contributed by atoms with Gasteiger partial charge >= 0.3 is 0 Å². The molecular formula is C23H27N3OS. The van der Waals surface area contributed by atoms with E-state index in [2.05, 4.69) is 62.2 Å². The highest BCUT2D eigenvalue weighted by molar-refractivity contribution is 8.15. The summed E-state index contributed by atoms with van der Waals surface area (Å²) in [5.41, 5.74) is 5.75. The summed E-state index contributed by atoms with van der Waals surface area (Å²) in [5, 5.41) is 9.35. The molecule has 1 aliphatic rings. The molecule has 0 N–H and O–H groups in total. The number of hydrogen-bond acceptors (Lipinski definition) is 4. The molecule has 0 aliphatic carbocycles. The molecule has 0 bridgehead atoms. The number of aryl methyl sites for hydroxylation is 3. The normalized spacial score (nSPS) is 18.6. The molecule has 0 spiro atoms. The molecule has 0 radical (unpaired) electrons. The van der Waals surface area contributed by atoms with E-state index in [0.29, 0.717) is 11.7 Å². The molecule has 4 nitrogen and oxygen atoms in total. The van der Waals surface area contributed by atoms with Crippen molar-refractivity contribution in [3.8, 4) is 0 Å². The number of amidine groups is 1. The van der Waals surface area contributed by atoms with Crippen molar-refractivity contribution in [1.29, 1.82) is 0 Å². The lowest BCUT2D eigenvalue weighted by Crippen LogP contribution is -2.31. The molecule has 0 aromatic heterocycles.